The lowest BCUT2D eigenvalue weighted by atomic mass is 10.1. The minimum absolute atomic E-state index is 0.0201. The van der Waals surface area contributed by atoms with Crippen molar-refractivity contribution in [3.05, 3.63) is 54.1 Å². The van der Waals surface area contributed by atoms with E-state index in [2.05, 4.69) is 14.9 Å². The fraction of sp³-hybridized carbons (Fsp3) is 0.500. The maximum Gasteiger partial charge on any atom is 0.274 e. The van der Waals surface area contributed by atoms with E-state index in [4.69, 9.17) is 4.74 Å². The second kappa shape index (κ2) is 11.0. The summed E-state index contributed by atoms with van der Waals surface area (Å²) in [6, 6.07) is 7.36. The van der Waals surface area contributed by atoms with Gasteiger partial charge in [0.05, 0.1) is 12.8 Å². The van der Waals surface area contributed by atoms with E-state index in [1.54, 1.807) is 16.0 Å². The molecule has 0 saturated carbocycles. The number of carbonyl (C=O) groups is 2. The molecule has 2 saturated heterocycles. The van der Waals surface area contributed by atoms with Crippen LogP contribution in [0.1, 0.15) is 46.5 Å². The van der Waals surface area contributed by atoms with Crippen molar-refractivity contribution in [3.8, 4) is 5.75 Å². The molecule has 2 amide bonds. The molecule has 4 rings (SSSR count). The number of piperidine rings is 1. The molecule has 0 N–H and O–H groups in total. The maximum atomic E-state index is 12.8. The van der Waals surface area contributed by atoms with Gasteiger partial charge < -0.3 is 19.4 Å². The minimum atomic E-state index is -0.146. The van der Waals surface area contributed by atoms with E-state index in [0.29, 0.717) is 44.0 Å². The van der Waals surface area contributed by atoms with Gasteiger partial charge in [0.25, 0.3) is 11.8 Å². The average Bonchev–Trinajstić information content (AvgIpc) is 2.87. The van der Waals surface area contributed by atoms with Crippen molar-refractivity contribution in [1.82, 2.24) is 24.7 Å². The zero-order chi connectivity index (χ0) is 22.2. The molecular weight excluding hydrogens is 406 g/mol. The first-order valence-electron chi connectivity index (χ1n) is 11.5. The van der Waals surface area contributed by atoms with E-state index in [1.807, 2.05) is 24.3 Å². The lowest BCUT2D eigenvalue weighted by molar-refractivity contribution is 0.0532. The number of benzene rings is 1. The fourth-order valence-electron chi connectivity index (χ4n) is 4.22. The van der Waals surface area contributed by atoms with Crippen LogP contribution in [-0.4, -0.2) is 88.9 Å². The molecule has 8 heteroatoms. The van der Waals surface area contributed by atoms with Crippen molar-refractivity contribution in [2.75, 3.05) is 52.4 Å². The Labute approximate surface area is 189 Å². The standard InChI is InChI=1S/C24H31N5O3/c30-23(28-14-16-29(17-15-28)24(31)22-19-25-9-10-26-22)20-5-7-21(8-6-20)32-18-4-13-27-11-2-1-3-12-27/h5-10,19H,1-4,11-18H2. The molecule has 0 atom stereocenters. The quantitative estimate of drug-likeness (QED) is 0.619. The number of amides is 2. The number of nitrogens with zero attached hydrogens (tertiary/aromatic N) is 5. The molecule has 0 aliphatic carbocycles. The number of piperazine rings is 1. The monoisotopic (exact) mass is 437 g/mol. The molecule has 2 aliphatic heterocycles. The van der Waals surface area contributed by atoms with Crippen LogP contribution in [0.5, 0.6) is 5.75 Å². The number of ether oxygens (including phenoxy) is 1. The summed E-state index contributed by atoms with van der Waals surface area (Å²) in [4.78, 5) is 39.4. The van der Waals surface area contributed by atoms with Crippen molar-refractivity contribution >= 4 is 11.8 Å². The zero-order valence-electron chi connectivity index (χ0n) is 18.5. The highest BCUT2D eigenvalue weighted by molar-refractivity contribution is 5.95. The zero-order valence-corrected chi connectivity index (χ0v) is 18.5. The highest BCUT2D eigenvalue weighted by atomic mass is 16.5. The Balaban J connectivity index is 1.20. The van der Waals surface area contributed by atoms with Gasteiger partial charge in [-0.05, 0) is 56.6 Å². The minimum Gasteiger partial charge on any atom is -0.494 e. The topological polar surface area (TPSA) is 78.9 Å². The predicted molar refractivity (Wildman–Crippen MR) is 121 cm³/mol. The highest BCUT2D eigenvalue weighted by Crippen LogP contribution is 2.16. The second-order valence-corrected chi connectivity index (χ2v) is 8.30. The molecule has 0 spiro atoms. The van der Waals surface area contributed by atoms with E-state index < -0.39 is 0 Å². The van der Waals surface area contributed by atoms with Crippen molar-refractivity contribution in [1.29, 1.82) is 0 Å². The first-order valence-corrected chi connectivity index (χ1v) is 11.5. The van der Waals surface area contributed by atoms with Crippen LogP contribution in [0.3, 0.4) is 0 Å². The third kappa shape index (κ3) is 5.82. The largest absolute Gasteiger partial charge is 0.494 e. The first kappa shape index (κ1) is 22.2. The van der Waals surface area contributed by atoms with Gasteiger partial charge in [0.2, 0.25) is 0 Å². The Morgan fingerprint density at radius 2 is 1.53 bits per heavy atom. The molecule has 3 heterocycles. The Bertz CT molecular complexity index is 876. The van der Waals surface area contributed by atoms with Gasteiger partial charge in [-0.25, -0.2) is 4.98 Å². The fourth-order valence-corrected chi connectivity index (χ4v) is 4.22. The van der Waals surface area contributed by atoms with Gasteiger partial charge in [-0.3, -0.25) is 14.6 Å². The molecule has 0 radical (unpaired) electrons. The van der Waals surface area contributed by atoms with Crippen LogP contribution in [0.15, 0.2) is 42.9 Å². The highest BCUT2D eigenvalue weighted by Gasteiger charge is 2.26. The molecule has 0 unspecified atom stereocenters. The summed E-state index contributed by atoms with van der Waals surface area (Å²) in [5.74, 6) is 0.625. The van der Waals surface area contributed by atoms with E-state index in [9.17, 15) is 9.59 Å². The summed E-state index contributed by atoms with van der Waals surface area (Å²) in [5.41, 5.74) is 0.971. The Kier molecular flexibility index (Phi) is 7.66. The van der Waals surface area contributed by atoms with E-state index in [-0.39, 0.29) is 11.8 Å². The lowest BCUT2D eigenvalue weighted by Gasteiger charge is -2.34. The smallest absolute Gasteiger partial charge is 0.274 e. The summed E-state index contributed by atoms with van der Waals surface area (Å²) < 4.78 is 5.85. The number of rotatable bonds is 7. The maximum absolute atomic E-state index is 12.8. The van der Waals surface area contributed by atoms with Crippen LogP contribution in [0, 0.1) is 0 Å². The Morgan fingerprint density at radius 1 is 0.844 bits per heavy atom. The summed E-state index contributed by atoms with van der Waals surface area (Å²) in [6.45, 7) is 6.16. The number of hydrogen-bond donors (Lipinski definition) is 0. The van der Waals surface area contributed by atoms with E-state index >= 15 is 0 Å². The molecule has 2 fully saturated rings. The van der Waals surface area contributed by atoms with Crippen LogP contribution in [-0.2, 0) is 0 Å². The molecule has 170 valence electrons. The summed E-state index contributed by atoms with van der Waals surface area (Å²) >= 11 is 0. The van der Waals surface area contributed by atoms with Crippen LogP contribution in [0.2, 0.25) is 0 Å². The van der Waals surface area contributed by atoms with Gasteiger partial charge >= 0.3 is 0 Å². The van der Waals surface area contributed by atoms with Crippen LogP contribution >= 0.6 is 0 Å². The van der Waals surface area contributed by atoms with Crippen molar-refractivity contribution in [2.24, 2.45) is 0 Å². The van der Waals surface area contributed by atoms with Crippen LogP contribution in [0.4, 0.5) is 0 Å². The molecule has 2 aromatic rings. The Morgan fingerprint density at radius 3 is 2.19 bits per heavy atom. The molecular formula is C24H31N5O3. The number of carbonyl (C=O) groups excluding carboxylic acids is 2. The van der Waals surface area contributed by atoms with Crippen LogP contribution < -0.4 is 4.74 Å². The SMILES string of the molecule is O=C(c1ccc(OCCCN2CCCCC2)cc1)N1CCN(C(=O)c2cnccn2)CC1. The third-order valence-electron chi connectivity index (χ3n) is 6.07. The number of likely N-dealkylation sites (tertiary alicyclic amines) is 1. The molecule has 1 aromatic heterocycles. The van der Waals surface area contributed by atoms with E-state index in [1.165, 1.54) is 44.7 Å². The summed E-state index contributed by atoms with van der Waals surface area (Å²) in [6.07, 6.45) is 9.51. The van der Waals surface area contributed by atoms with Gasteiger partial charge in [0.1, 0.15) is 11.4 Å². The lowest BCUT2D eigenvalue weighted by Crippen LogP contribution is -2.50. The number of hydrogen-bond acceptors (Lipinski definition) is 6. The normalized spacial score (nSPS) is 17.2. The van der Waals surface area contributed by atoms with Crippen molar-refractivity contribution in [2.45, 2.75) is 25.7 Å². The van der Waals surface area contributed by atoms with Gasteiger partial charge in [0, 0.05) is 50.7 Å². The first-order chi connectivity index (χ1) is 15.7. The summed E-state index contributed by atoms with van der Waals surface area (Å²) in [7, 11) is 0. The average molecular weight is 438 g/mol. The molecule has 0 bridgehead atoms. The molecule has 2 aliphatic rings. The van der Waals surface area contributed by atoms with E-state index in [0.717, 1.165) is 18.7 Å². The van der Waals surface area contributed by atoms with Crippen molar-refractivity contribution in [3.63, 3.8) is 0 Å². The predicted octanol–water partition coefficient (Wildman–Crippen LogP) is 2.33. The van der Waals surface area contributed by atoms with Crippen LogP contribution in [0.25, 0.3) is 0 Å². The molecule has 32 heavy (non-hydrogen) atoms. The third-order valence-corrected chi connectivity index (χ3v) is 6.07. The van der Waals surface area contributed by atoms with Crippen molar-refractivity contribution < 1.29 is 14.3 Å². The van der Waals surface area contributed by atoms with Gasteiger partial charge in [-0.1, -0.05) is 6.42 Å². The number of aromatic nitrogens is 2. The molecule has 1 aromatic carbocycles. The van der Waals surface area contributed by atoms with Gasteiger partial charge in [-0.2, -0.15) is 0 Å². The van der Waals surface area contributed by atoms with Gasteiger partial charge in [-0.15, -0.1) is 0 Å². The summed E-state index contributed by atoms with van der Waals surface area (Å²) in [5, 5.41) is 0. The second-order valence-electron chi connectivity index (χ2n) is 8.30. The van der Waals surface area contributed by atoms with Gasteiger partial charge in [0.15, 0.2) is 0 Å². The Hall–Kier alpha value is -3.00. The molecule has 8 nitrogen and oxygen atoms in total.